The van der Waals surface area contributed by atoms with E-state index in [0.29, 0.717) is 6.61 Å². The van der Waals surface area contributed by atoms with Crippen LogP contribution >= 0.6 is 0 Å². The summed E-state index contributed by atoms with van der Waals surface area (Å²) in [5.41, 5.74) is 0. The third kappa shape index (κ3) is 21.4. The zero-order chi connectivity index (χ0) is 16.5. The second kappa shape index (κ2) is 19.5. The molecule has 1 N–H and O–H groups in total. The molecule has 0 saturated heterocycles. The fraction of sp³-hybridized carbons (Fsp3) is 0.778. The number of rotatable bonds is 15. The summed E-state index contributed by atoms with van der Waals surface area (Å²) in [6.07, 6.45) is 16.9. The van der Waals surface area contributed by atoms with Crippen LogP contribution in [0.2, 0.25) is 0 Å². The zero-order valence-corrected chi connectivity index (χ0v) is 16.1. The fourth-order valence-corrected chi connectivity index (χ4v) is 2.30. The van der Waals surface area contributed by atoms with Crippen LogP contribution < -0.4 is 0 Å². The van der Waals surface area contributed by atoms with Crippen molar-refractivity contribution >= 4 is 35.0 Å². The smallest absolute Gasteiger partial charge is 1.00 e. The Hall–Kier alpha value is -0.554. The molecule has 0 saturated carbocycles. The van der Waals surface area contributed by atoms with E-state index in [1.165, 1.54) is 64.2 Å². The number of carboxylic acids is 1. The Kier molecular flexibility index (Phi) is 20.9. The molecule has 132 valence electrons. The Labute approximate surface area is 160 Å². The van der Waals surface area contributed by atoms with Crippen LogP contribution in [0.25, 0.3) is 0 Å². The monoisotopic (exact) mass is 338 g/mol. The Morgan fingerprint density at radius 2 is 1.26 bits per heavy atom. The first kappa shape index (κ1) is 24.7. The van der Waals surface area contributed by atoms with Crippen molar-refractivity contribution in [3.63, 3.8) is 0 Å². The van der Waals surface area contributed by atoms with Gasteiger partial charge in [0.15, 0.2) is 0 Å². The van der Waals surface area contributed by atoms with Crippen molar-refractivity contribution in [2.24, 2.45) is 0 Å². The first-order valence-electron chi connectivity index (χ1n) is 8.74. The van der Waals surface area contributed by atoms with Crippen molar-refractivity contribution < 1.29 is 22.3 Å². The van der Waals surface area contributed by atoms with E-state index in [4.69, 9.17) is 9.84 Å². The molecular weight excluding hydrogens is 304 g/mol. The number of hydrogen-bond donors (Lipinski definition) is 1. The van der Waals surface area contributed by atoms with E-state index in [2.05, 4.69) is 6.92 Å². The van der Waals surface area contributed by atoms with Crippen LogP contribution in [-0.4, -0.2) is 46.7 Å². The standard InChI is InChI=1S/C18H32O4.Mg.2H/c1-2-3-4-5-6-7-8-9-10-11-12-13-16-22-18(21)15-14-17(19)20;;;/h14-15H,2-13,16H2,1H3,(H,19,20);;;/q;+2;2*-1. The number of carbonyl (C=O) groups is 2. The Bertz CT molecular complexity index is 326. The second-order valence-corrected chi connectivity index (χ2v) is 5.73. The van der Waals surface area contributed by atoms with E-state index in [0.717, 1.165) is 25.0 Å². The minimum Gasteiger partial charge on any atom is -1.00 e. The molecule has 0 aliphatic carbocycles. The molecule has 0 bridgehead atoms. The zero-order valence-electron chi connectivity index (χ0n) is 16.7. The van der Waals surface area contributed by atoms with Gasteiger partial charge in [-0.2, -0.15) is 0 Å². The van der Waals surface area contributed by atoms with Gasteiger partial charge in [0.25, 0.3) is 0 Å². The van der Waals surface area contributed by atoms with Crippen molar-refractivity contribution in [2.75, 3.05) is 6.61 Å². The van der Waals surface area contributed by atoms with Gasteiger partial charge in [0.05, 0.1) is 6.61 Å². The number of ether oxygens (including phenoxy) is 1. The van der Waals surface area contributed by atoms with Crippen molar-refractivity contribution in [1.29, 1.82) is 0 Å². The molecule has 0 unspecified atom stereocenters. The molecule has 0 aromatic heterocycles. The van der Waals surface area contributed by atoms with E-state index in [-0.39, 0.29) is 25.9 Å². The summed E-state index contributed by atoms with van der Waals surface area (Å²) in [5.74, 6) is -1.72. The van der Waals surface area contributed by atoms with Gasteiger partial charge in [0, 0.05) is 12.2 Å². The SMILES string of the molecule is CCCCCCCCCCCCCCOC(=O)C=CC(=O)O.[H-].[H-].[Mg+2]. The Morgan fingerprint density at radius 1 is 0.826 bits per heavy atom. The molecule has 0 spiro atoms. The van der Waals surface area contributed by atoms with E-state index >= 15 is 0 Å². The minimum atomic E-state index is -1.14. The summed E-state index contributed by atoms with van der Waals surface area (Å²) < 4.78 is 4.90. The molecule has 0 aliphatic rings. The van der Waals surface area contributed by atoms with Gasteiger partial charge < -0.3 is 12.7 Å². The summed E-state index contributed by atoms with van der Waals surface area (Å²) >= 11 is 0. The van der Waals surface area contributed by atoms with E-state index in [1.807, 2.05) is 0 Å². The topological polar surface area (TPSA) is 63.6 Å². The third-order valence-electron chi connectivity index (χ3n) is 3.60. The van der Waals surface area contributed by atoms with Gasteiger partial charge in [0.1, 0.15) is 0 Å². The predicted molar refractivity (Wildman–Crippen MR) is 96.8 cm³/mol. The largest absolute Gasteiger partial charge is 2.00 e. The van der Waals surface area contributed by atoms with Gasteiger partial charge in [-0.15, -0.1) is 0 Å². The summed E-state index contributed by atoms with van der Waals surface area (Å²) in [7, 11) is 0. The van der Waals surface area contributed by atoms with Crippen LogP contribution in [0.1, 0.15) is 86.8 Å². The van der Waals surface area contributed by atoms with Crippen LogP contribution in [-0.2, 0) is 14.3 Å². The molecule has 4 nitrogen and oxygen atoms in total. The molecule has 0 heterocycles. The summed E-state index contributed by atoms with van der Waals surface area (Å²) in [4.78, 5) is 21.3. The van der Waals surface area contributed by atoms with Crippen LogP contribution in [0.4, 0.5) is 0 Å². The van der Waals surface area contributed by atoms with Crippen LogP contribution in [0, 0.1) is 0 Å². The van der Waals surface area contributed by atoms with Crippen LogP contribution in [0.15, 0.2) is 12.2 Å². The molecule has 0 amide bonds. The maximum atomic E-state index is 11.1. The van der Waals surface area contributed by atoms with Crippen LogP contribution in [0.3, 0.4) is 0 Å². The average Bonchev–Trinajstić information content (AvgIpc) is 2.49. The first-order valence-corrected chi connectivity index (χ1v) is 8.74. The molecule has 0 radical (unpaired) electrons. The number of unbranched alkanes of at least 4 members (excludes halogenated alkanes) is 11. The summed E-state index contributed by atoms with van der Waals surface area (Å²) in [6, 6.07) is 0. The van der Waals surface area contributed by atoms with Crippen molar-refractivity contribution in [3.05, 3.63) is 12.2 Å². The Balaban J connectivity index is -0.000000735. The number of esters is 1. The third-order valence-corrected chi connectivity index (χ3v) is 3.60. The fourth-order valence-electron chi connectivity index (χ4n) is 2.30. The van der Waals surface area contributed by atoms with E-state index in [1.54, 1.807) is 0 Å². The molecule has 0 rings (SSSR count). The van der Waals surface area contributed by atoms with Gasteiger partial charge in [-0.3, -0.25) is 0 Å². The number of carboxylic acid groups (broad SMARTS) is 1. The minimum absolute atomic E-state index is 0. The summed E-state index contributed by atoms with van der Waals surface area (Å²) in [5, 5.41) is 8.35. The maximum absolute atomic E-state index is 11.1. The Morgan fingerprint density at radius 3 is 1.70 bits per heavy atom. The molecule has 0 fully saturated rings. The first-order chi connectivity index (χ1) is 10.7. The van der Waals surface area contributed by atoms with Gasteiger partial charge in [-0.05, 0) is 6.42 Å². The van der Waals surface area contributed by atoms with Gasteiger partial charge >= 0.3 is 35.0 Å². The molecule has 0 aromatic carbocycles. The van der Waals surface area contributed by atoms with E-state index < -0.39 is 11.9 Å². The average molecular weight is 339 g/mol. The van der Waals surface area contributed by atoms with Gasteiger partial charge in [-0.25, -0.2) is 9.59 Å². The molecule has 5 heteroatoms. The van der Waals surface area contributed by atoms with E-state index in [9.17, 15) is 9.59 Å². The van der Waals surface area contributed by atoms with Gasteiger partial charge in [0.2, 0.25) is 0 Å². The van der Waals surface area contributed by atoms with Crippen molar-refractivity contribution in [2.45, 2.75) is 84.0 Å². The van der Waals surface area contributed by atoms with Gasteiger partial charge in [-0.1, -0.05) is 77.6 Å². The maximum Gasteiger partial charge on any atom is 2.00 e. The molecule has 0 atom stereocenters. The molecule has 0 aromatic rings. The summed E-state index contributed by atoms with van der Waals surface area (Å²) in [6.45, 7) is 2.62. The van der Waals surface area contributed by atoms with Crippen molar-refractivity contribution in [1.82, 2.24) is 0 Å². The van der Waals surface area contributed by atoms with Crippen LogP contribution in [0.5, 0.6) is 0 Å². The molecular formula is C18H34MgO4. The van der Waals surface area contributed by atoms with Crippen molar-refractivity contribution in [3.8, 4) is 0 Å². The second-order valence-electron chi connectivity index (χ2n) is 5.73. The molecule has 0 aliphatic heterocycles. The quantitative estimate of drug-likeness (QED) is 0.203. The predicted octanol–water partition coefficient (Wildman–Crippen LogP) is 4.72. The number of aliphatic carboxylic acids is 1. The number of carbonyl (C=O) groups excluding carboxylic acids is 1. The normalized spacial score (nSPS) is 10.5. The molecule has 23 heavy (non-hydrogen) atoms. The number of hydrogen-bond acceptors (Lipinski definition) is 3.